The SMILES string of the molecule is COc1cc(/C=C2\SC(=O)N(CC(=O)N3CCOCC3)C2=O)ccc1OCc1ccc(Br)cc1. The van der Waals surface area contributed by atoms with Gasteiger partial charge >= 0.3 is 0 Å². The Morgan fingerprint density at radius 3 is 2.56 bits per heavy atom. The van der Waals surface area contributed by atoms with Crippen LogP contribution in [0.15, 0.2) is 51.8 Å². The van der Waals surface area contributed by atoms with Crippen LogP contribution in [0.25, 0.3) is 6.08 Å². The number of imide groups is 1. The summed E-state index contributed by atoms with van der Waals surface area (Å²) in [6, 6.07) is 13.1. The molecule has 10 heteroatoms. The Labute approximate surface area is 210 Å². The summed E-state index contributed by atoms with van der Waals surface area (Å²) in [5, 5.41) is -0.459. The highest BCUT2D eigenvalue weighted by Crippen LogP contribution is 2.35. The Balaban J connectivity index is 1.43. The van der Waals surface area contributed by atoms with E-state index in [1.807, 2.05) is 24.3 Å². The minimum atomic E-state index is -0.480. The minimum Gasteiger partial charge on any atom is -0.493 e. The van der Waals surface area contributed by atoms with E-state index in [0.29, 0.717) is 50.0 Å². The number of hydrogen-bond acceptors (Lipinski definition) is 7. The molecule has 2 fully saturated rings. The van der Waals surface area contributed by atoms with Gasteiger partial charge in [-0.05, 0) is 53.2 Å². The van der Waals surface area contributed by atoms with Crippen molar-refractivity contribution in [3.63, 3.8) is 0 Å². The van der Waals surface area contributed by atoms with Crippen molar-refractivity contribution in [3.8, 4) is 11.5 Å². The number of carbonyl (C=O) groups excluding carboxylic acids is 3. The van der Waals surface area contributed by atoms with Crippen LogP contribution in [0.2, 0.25) is 0 Å². The zero-order valence-electron chi connectivity index (χ0n) is 18.5. The first-order valence-electron chi connectivity index (χ1n) is 10.6. The lowest BCUT2D eigenvalue weighted by Gasteiger charge is -2.28. The van der Waals surface area contributed by atoms with Gasteiger partial charge in [-0.15, -0.1) is 0 Å². The number of amides is 3. The Hall–Kier alpha value is -2.82. The highest BCUT2D eigenvalue weighted by Gasteiger charge is 2.37. The second-order valence-corrected chi connectivity index (χ2v) is 9.50. The topological polar surface area (TPSA) is 85.4 Å². The summed E-state index contributed by atoms with van der Waals surface area (Å²) >= 11 is 4.23. The van der Waals surface area contributed by atoms with E-state index in [2.05, 4.69) is 15.9 Å². The molecule has 0 spiro atoms. The van der Waals surface area contributed by atoms with Crippen molar-refractivity contribution in [1.29, 1.82) is 0 Å². The summed E-state index contributed by atoms with van der Waals surface area (Å²) in [5.41, 5.74) is 1.69. The van der Waals surface area contributed by atoms with Gasteiger partial charge in [-0.25, -0.2) is 0 Å². The Kier molecular flexibility index (Phi) is 7.91. The highest BCUT2D eigenvalue weighted by molar-refractivity contribution is 9.10. The number of thioether (sulfide) groups is 1. The normalized spacial score (nSPS) is 17.4. The predicted molar refractivity (Wildman–Crippen MR) is 132 cm³/mol. The zero-order chi connectivity index (χ0) is 24.1. The van der Waals surface area contributed by atoms with E-state index >= 15 is 0 Å². The minimum absolute atomic E-state index is 0.255. The highest BCUT2D eigenvalue weighted by atomic mass is 79.9. The molecule has 0 N–H and O–H groups in total. The number of halogens is 1. The summed E-state index contributed by atoms with van der Waals surface area (Å²) < 4.78 is 17.6. The first-order valence-corrected chi connectivity index (χ1v) is 12.2. The van der Waals surface area contributed by atoms with E-state index in [1.54, 1.807) is 29.2 Å². The van der Waals surface area contributed by atoms with Crippen molar-refractivity contribution in [3.05, 3.63) is 63.0 Å². The summed E-state index contributed by atoms with van der Waals surface area (Å²) in [5.74, 6) is 0.325. The van der Waals surface area contributed by atoms with Gasteiger partial charge in [0.1, 0.15) is 13.2 Å². The van der Waals surface area contributed by atoms with Gasteiger partial charge in [-0.3, -0.25) is 19.3 Å². The lowest BCUT2D eigenvalue weighted by molar-refractivity contribution is -0.139. The molecule has 178 valence electrons. The number of carbonyl (C=O) groups is 3. The van der Waals surface area contributed by atoms with Gasteiger partial charge in [-0.1, -0.05) is 34.1 Å². The number of morpholine rings is 1. The molecule has 3 amide bonds. The number of rotatable bonds is 7. The summed E-state index contributed by atoms with van der Waals surface area (Å²) in [6.07, 6.45) is 1.62. The smallest absolute Gasteiger partial charge is 0.294 e. The number of hydrogen-bond donors (Lipinski definition) is 0. The van der Waals surface area contributed by atoms with E-state index in [0.717, 1.165) is 26.7 Å². The van der Waals surface area contributed by atoms with E-state index in [-0.39, 0.29) is 17.4 Å². The Morgan fingerprint density at radius 2 is 1.85 bits per heavy atom. The molecule has 0 atom stereocenters. The van der Waals surface area contributed by atoms with Crippen molar-refractivity contribution < 1.29 is 28.6 Å². The number of benzene rings is 2. The van der Waals surface area contributed by atoms with Crippen LogP contribution in [0.4, 0.5) is 4.79 Å². The van der Waals surface area contributed by atoms with Crippen LogP contribution in [0, 0.1) is 0 Å². The lowest BCUT2D eigenvalue weighted by Crippen LogP contribution is -2.46. The van der Waals surface area contributed by atoms with Gasteiger partial charge in [0.2, 0.25) is 5.91 Å². The summed E-state index contributed by atoms with van der Waals surface area (Å²) in [4.78, 5) is 40.5. The largest absolute Gasteiger partial charge is 0.493 e. The first-order chi connectivity index (χ1) is 16.4. The summed E-state index contributed by atoms with van der Waals surface area (Å²) in [6.45, 7) is 1.94. The molecule has 2 aromatic rings. The monoisotopic (exact) mass is 546 g/mol. The lowest BCUT2D eigenvalue weighted by atomic mass is 10.1. The van der Waals surface area contributed by atoms with Crippen molar-refractivity contribution in [2.24, 2.45) is 0 Å². The maximum atomic E-state index is 12.8. The molecule has 0 bridgehead atoms. The third-order valence-corrected chi connectivity index (χ3v) is 6.76. The third kappa shape index (κ3) is 5.81. The zero-order valence-corrected chi connectivity index (χ0v) is 20.9. The van der Waals surface area contributed by atoms with Gasteiger partial charge < -0.3 is 19.1 Å². The van der Waals surface area contributed by atoms with Crippen LogP contribution in [0.5, 0.6) is 11.5 Å². The molecule has 2 heterocycles. The van der Waals surface area contributed by atoms with Crippen molar-refractivity contribution >= 4 is 50.8 Å². The standard InChI is InChI=1S/C24H23BrN2O6S/c1-31-20-12-17(4-7-19(20)33-15-16-2-5-18(25)6-3-16)13-21-23(29)27(24(30)34-21)14-22(28)26-8-10-32-11-9-26/h2-7,12-13H,8-11,14-15H2,1H3/b21-13-. The van der Waals surface area contributed by atoms with Crippen LogP contribution in [0.3, 0.4) is 0 Å². The molecule has 2 aliphatic heterocycles. The molecule has 34 heavy (non-hydrogen) atoms. The van der Waals surface area contributed by atoms with Gasteiger partial charge in [0.15, 0.2) is 11.5 Å². The Bertz CT molecular complexity index is 1110. The van der Waals surface area contributed by atoms with Crippen LogP contribution in [0.1, 0.15) is 11.1 Å². The molecular formula is C24H23BrN2O6S. The number of ether oxygens (including phenoxy) is 3. The maximum Gasteiger partial charge on any atom is 0.294 e. The Morgan fingerprint density at radius 1 is 1.12 bits per heavy atom. The van der Waals surface area contributed by atoms with Crippen LogP contribution in [-0.4, -0.2) is 66.8 Å². The fourth-order valence-electron chi connectivity index (χ4n) is 3.47. The predicted octanol–water partition coefficient (Wildman–Crippen LogP) is 3.93. The molecule has 0 saturated carbocycles. The molecule has 2 saturated heterocycles. The maximum absolute atomic E-state index is 12.8. The second kappa shape index (κ2) is 11.1. The van der Waals surface area contributed by atoms with Crippen molar-refractivity contribution in [2.45, 2.75) is 6.61 Å². The van der Waals surface area contributed by atoms with Crippen LogP contribution in [-0.2, 0) is 20.9 Å². The molecule has 4 rings (SSSR count). The quantitative estimate of drug-likeness (QED) is 0.486. The van der Waals surface area contributed by atoms with Crippen LogP contribution >= 0.6 is 27.7 Å². The van der Waals surface area contributed by atoms with Gasteiger partial charge in [0.25, 0.3) is 11.1 Å². The molecule has 0 aromatic heterocycles. The molecule has 8 nitrogen and oxygen atoms in total. The molecular weight excluding hydrogens is 524 g/mol. The summed E-state index contributed by atoms with van der Waals surface area (Å²) in [7, 11) is 1.54. The van der Waals surface area contributed by atoms with E-state index in [9.17, 15) is 14.4 Å². The van der Waals surface area contributed by atoms with Crippen molar-refractivity contribution in [1.82, 2.24) is 9.80 Å². The van der Waals surface area contributed by atoms with Gasteiger partial charge in [0, 0.05) is 17.6 Å². The second-order valence-electron chi connectivity index (χ2n) is 7.59. The molecule has 0 aliphatic carbocycles. The van der Waals surface area contributed by atoms with Gasteiger partial charge in [-0.2, -0.15) is 0 Å². The van der Waals surface area contributed by atoms with E-state index < -0.39 is 11.1 Å². The van der Waals surface area contributed by atoms with Gasteiger partial charge in [0.05, 0.1) is 25.2 Å². The average molecular weight is 547 g/mol. The number of nitrogens with zero attached hydrogens (tertiary/aromatic N) is 2. The first kappa shape index (κ1) is 24.3. The molecule has 2 aromatic carbocycles. The fraction of sp³-hybridized carbons (Fsp3) is 0.292. The van der Waals surface area contributed by atoms with E-state index in [1.165, 1.54) is 7.11 Å². The van der Waals surface area contributed by atoms with Crippen LogP contribution < -0.4 is 9.47 Å². The fourth-order valence-corrected chi connectivity index (χ4v) is 4.57. The number of methoxy groups -OCH3 is 1. The van der Waals surface area contributed by atoms with E-state index in [4.69, 9.17) is 14.2 Å². The molecule has 2 aliphatic rings. The van der Waals surface area contributed by atoms with Crippen molar-refractivity contribution in [2.75, 3.05) is 40.0 Å². The average Bonchev–Trinajstić information content (AvgIpc) is 3.11. The third-order valence-electron chi connectivity index (χ3n) is 5.32. The molecule has 0 radical (unpaired) electrons. The molecule has 0 unspecified atom stereocenters.